The monoisotopic (exact) mass is 328 g/mol. The molecule has 7 nitrogen and oxygen atoms in total. The maximum absolute atomic E-state index is 12.2. The minimum atomic E-state index is -0.900. The molecule has 7 heteroatoms. The highest BCUT2D eigenvalue weighted by atomic mass is 16.4. The van der Waals surface area contributed by atoms with Gasteiger partial charge in [0.1, 0.15) is 5.69 Å². The van der Waals surface area contributed by atoms with Crippen molar-refractivity contribution in [3.8, 4) is 0 Å². The minimum Gasteiger partial charge on any atom is -0.465 e. The second-order valence-corrected chi connectivity index (χ2v) is 6.01. The highest BCUT2D eigenvalue weighted by molar-refractivity contribution is 5.92. The van der Waals surface area contributed by atoms with E-state index in [9.17, 15) is 9.59 Å². The Morgan fingerprint density at radius 3 is 2.79 bits per heavy atom. The summed E-state index contributed by atoms with van der Waals surface area (Å²) in [5.41, 5.74) is 1.51. The first-order chi connectivity index (χ1) is 11.6. The smallest absolute Gasteiger partial charge is 0.407 e. The molecular weight excluding hydrogens is 308 g/mol. The Kier molecular flexibility index (Phi) is 4.79. The van der Waals surface area contributed by atoms with Gasteiger partial charge in [0.05, 0.1) is 6.33 Å². The molecule has 0 radical (unpaired) electrons. The molecule has 1 aliphatic heterocycles. The van der Waals surface area contributed by atoms with Gasteiger partial charge in [-0.2, -0.15) is 0 Å². The van der Waals surface area contributed by atoms with E-state index < -0.39 is 6.09 Å². The van der Waals surface area contributed by atoms with Crippen LogP contribution in [0.4, 0.5) is 4.79 Å². The molecule has 3 rings (SSSR count). The molecule has 1 aliphatic rings. The number of aromatic nitrogens is 2. The standard InChI is InChI=1S/C17H20N4O3/c22-16(18-8-14-6-7-21(10-14)17(23)24)15-11-20(12-19-15)9-13-4-2-1-3-5-13/h1-5,11-12,14H,6-10H2,(H,18,22)(H,23,24)/t14-/m1/s1. The molecular formula is C17H20N4O3. The summed E-state index contributed by atoms with van der Waals surface area (Å²) in [5, 5.41) is 11.8. The van der Waals surface area contributed by atoms with E-state index in [0.717, 1.165) is 12.0 Å². The van der Waals surface area contributed by atoms with Gasteiger partial charge in [-0.05, 0) is 17.9 Å². The van der Waals surface area contributed by atoms with E-state index in [1.807, 2.05) is 34.9 Å². The van der Waals surface area contributed by atoms with Crippen molar-refractivity contribution in [2.75, 3.05) is 19.6 Å². The predicted octanol–water partition coefficient (Wildman–Crippen LogP) is 1.66. The number of hydrogen-bond acceptors (Lipinski definition) is 3. The van der Waals surface area contributed by atoms with Crippen LogP contribution in [0.15, 0.2) is 42.9 Å². The summed E-state index contributed by atoms with van der Waals surface area (Å²) < 4.78 is 1.87. The van der Waals surface area contributed by atoms with Crippen LogP contribution in [0.25, 0.3) is 0 Å². The van der Waals surface area contributed by atoms with Crippen LogP contribution in [-0.4, -0.2) is 51.2 Å². The number of imidazole rings is 1. The maximum Gasteiger partial charge on any atom is 0.407 e. The quantitative estimate of drug-likeness (QED) is 0.874. The predicted molar refractivity (Wildman–Crippen MR) is 87.8 cm³/mol. The average molecular weight is 328 g/mol. The average Bonchev–Trinajstić information content (AvgIpc) is 3.23. The number of likely N-dealkylation sites (tertiary alicyclic amines) is 1. The van der Waals surface area contributed by atoms with Crippen LogP contribution < -0.4 is 5.32 Å². The Morgan fingerprint density at radius 2 is 2.08 bits per heavy atom. The van der Waals surface area contributed by atoms with Gasteiger partial charge in [0.25, 0.3) is 5.91 Å². The van der Waals surface area contributed by atoms with E-state index in [4.69, 9.17) is 5.11 Å². The van der Waals surface area contributed by atoms with Crippen molar-refractivity contribution < 1.29 is 14.7 Å². The Hall–Kier alpha value is -2.83. The fourth-order valence-corrected chi connectivity index (χ4v) is 2.86. The summed E-state index contributed by atoms with van der Waals surface area (Å²) in [5.74, 6) is -0.0629. The molecule has 0 saturated carbocycles. The fourth-order valence-electron chi connectivity index (χ4n) is 2.86. The molecule has 24 heavy (non-hydrogen) atoms. The number of hydrogen-bond donors (Lipinski definition) is 2. The normalized spacial score (nSPS) is 17.0. The van der Waals surface area contributed by atoms with Gasteiger partial charge >= 0.3 is 6.09 Å². The Labute approximate surface area is 139 Å². The third-order valence-corrected chi connectivity index (χ3v) is 4.18. The van der Waals surface area contributed by atoms with Gasteiger partial charge in [-0.25, -0.2) is 9.78 Å². The van der Waals surface area contributed by atoms with E-state index in [2.05, 4.69) is 10.3 Å². The molecule has 2 heterocycles. The molecule has 126 valence electrons. The van der Waals surface area contributed by atoms with E-state index >= 15 is 0 Å². The van der Waals surface area contributed by atoms with Crippen LogP contribution in [0.1, 0.15) is 22.5 Å². The highest BCUT2D eigenvalue weighted by Crippen LogP contribution is 2.15. The third kappa shape index (κ3) is 3.92. The van der Waals surface area contributed by atoms with Crippen LogP contribution >= 0.6 is 0 Å². The molecule has 0 spiro atoms. The number of carbonyl (C=O) groups excluding carboxylic acids is 1. The van der Waals surface area contributed by atoms with E-state index in [-0.39, 0.29) is 11.8 Å². The van der Waals surface area contributed by atoms with Crippen LogP contribution in [0.5, 0.6) is 0 Å². The first kappa shape index (κ1) is 16.0. The van der Waals surface area contributed by atoms with Crippen molar-refractivity contribution in [3.63, 3.8) is 0 Å². The van der Waals surface area contributed by atoms with Gasteiger partial charge in [-0.15, -0.1) is 0 Å². The maximum atomic E-state index is 12.2. The van der Waals surface area contributed by atoms with Gasteiger partial charge in [-0.3, -0.25) is 4.79 Å². The molecule has 0 bridgehead atoms. The Bertz CT molecular complexity index is 714. The number of carbonyl (C=O) groups is 2. The van der Waals surface area contributed by atoms with E-state index in [0.29, 0.717) is 31.9 Å². The number of amides is 2. The lowest BCUT2D eigenvalue weighted by Crippen LogP contribution is -2.32. The largest absolute Gasteiger partial charge is 0.465 e. The van der Waals surface area contributed by atoms with Gasteiger partial charge in [0, 0.05) is 32.4 Å². The number of carboxylic acid groups (broad SMARTS) is 1. The number of nitrogens with one attached hydrogen (secondary N) is 1. The highest BCUT2D eigenvalue weighted by Gasteiger charge is 2.26. The van der Waals surface area contributed by atoms with Crippen molar-refractivity contribution in [3.05, 3.63) is 54.1 Å². The molecule has 2 N–H and O–H groups in total. The lowest BCUT2D eigenvalue weighted by atomic mass is 10.1. The number of benzene rings is 1. The molecule has 2 amide bonds. The van der Waals surface area contributed by atoms with Crippen LogP contribution in [0.2, 0.25) is 0 Å². The number of nitrogens with zero attached hydrogens (tertiary/aromatic N) is 3. The summed E-state index contributed by atoms with van der Waals surface area (Å²) in [6, 6.07) is 9.96. The Balaban J connectivity index is 1.50. The van der Waals surface area contributed by atoms with Crippen LogP contribution in [-0.2, 0) is 6.54 Å². The third-order valence-electron chi connectivity index (χ3n) is 4.18. The van der Waals surface area contributed by atoms with Gasteiger partial charge in [0.2, 0.25) is 0 Å². The van der Waals surface area contributed by atoms with E-state index in [1.54, 1.807) is 12.5 Å². The second kappa shape index (κ2) is 7.16. The molecule has 0 aliphatic carbocycles. The zero-order valence-electron chi connectivity index (χ0n) is 13.3. The molecule has 2 aromatic rings. The fraction of sp³-hybridized carbons (Fsp3) is 0.353. The number of rotatable bonds is 5. The summed E-state index contributed by atoms with van der Waals surface area (Å²) in [6.45, 7) is 2.13. The minimum absolute atomic E-state index is 0.163. The summed E-state index contributed by atoms with van der Waals surface area (Å²) in [6.07, 6.45) is 3.24. The summed E-state index contributed by atoms with van der Waals surface area (Å²) in [7, 11) is 0. The van der Waals surface area contributed by atoms with Crippen LogP contribution in [0, 0.1) is 5.92 Å². The van der Waals surface area contributed by atoms with Crippen molar-refractivity contribution >= 4 is 12.0 Å². The van der Waals surface area contributed by atoms with Gasteiger partial charge in [-0.1, -0.05) is 30.3 Å². The van der Waals surface area contributed by atoms with Gasteiger partial charge in [0.15, 0.2) is 0 Å². The Morgan fingerprint density at radius 1 is 1.29 bits per heavy atom. The zero-order chi connectivity index (χ0) is 16.9. The molecule has 0 unspecified atom stereocenters. The van der Waals surface area contributed by atoms with Crippen molar-refractivity contribution in [2.24, 2.45) is 5.92 Å². The summed E-state index contributed by atoms with van der Waals surface area (Å²) in [4.78, 5) is 28.6. The van der Waals surface area contributed by atoms with Crippen molar-refractivity contribution in [1.82, 2.24) is 19.8 Å². The molecule has 1 atom stereocenters. The van der Waals surface area contributed by atoms with Crippen molar-refractivity contribution in [1.29, 1.82) is 0 Å². The molecule has 1 aromatic heterocycles. The lowest BCUT2D eigenvalue weighted by molar-refractivity contribution is 0.0943. The van der Waals surface area contributed by atoms with Crippen LogP contribution in [0.3, 0.4) is 0 Å². The lowest BCUT2D eigenvalue weighted by Gasteiger charge is -2.12. The van der Waals surface area contributed by atoms with E-state index in [1.165, 1.54) is 4.90 Å². The first-order valence-corrected chi connectivity index (χ1v) is 7.93. The topological polar surface area (TPSA) is 87.5 Å². The molecule has 1 saturated heterocycles. The van der Waals surface area contributed by atoms with Crippen molar-refractivity contribution in [2.45, 2.75) is 13.0 Å². The second-order valence-electron chi connectivity index (χ2n) is 6.01. The first-order valence-electron chi connectivity index (χ1n) is 7.93. The SMILES string of the molecule is O=C(NC[C@H]1CCN(C(=O)O)C1)c1cn(Cc2ccccc2)cn1. The summed E-state index contributed by atoms with van der Waals surface area (Å²) >= 11 is 0. The zero-order valence-corrected chi connectivity index (χ0v) is 13.3. The molecule has 1 aromatic carbocycles. The molecule has 1 fully saturated rings. The van der Waals surface area contributed by atoms with Gasteiger partial charge < -0.3 is 19.9 Å².